The lowest BCUT2D eigenvalue weighted by Crippen LogP contribution is -2.01. The van der Waals surface area contributed by atoms with E-state index in [-0.39, 0.29) is 5.75 Å². The van der Waals surface area contributed by atoms with Gasteiger partial charge in [-0.25, -0.2) is 13.9 Å². The highest BCUT2D eigenvalue weighted by molar-refractivity contribution is 6.30. The quantitative estimate of drug-likeness (QED) is 0.576. The lowest BCUT2D eigenvalue weighted by molar-refractivity contribution is 0.289. The van der Waals surface area contributed by atoms with E-state index in [2.05, 4.69) is 10.1 Å². The fourth-order valence-corrected chi connectivity index (χ4v) is 2.85. The summed E-state index contributed by atoms with van der Waals surface area (Å²) in [5, 5.41) is 14.7. The molecule has 0 unspecified atom stereocenters. The number of aromatic nitrogens is 3. The van der Waals surface area contributed by atoms with Gasteiger partial charge in [0.05, 0.1) is 11.9 Å². The Morgan fingerprint density at radius 2 is 2.00 bits per heavy atom. The highest BCUT2D eigenvalue weighted by Crippen LogP contribution is 2.26. The number of fused-ring (bicyclic) bond motifs is 1. The SMILES string of the molecule is Oc1cc(F)cc(-c2cnc3ccc(OCc4cccc(Cl)c4)nn23)c1. The number of hydrogen-bond donors (Lipinski definition) is 1. The Kier molecular flexibility index (Phi) is 4.18. The van der Waals surface area contributed by atoms with Crippen LogP contribution in [-0.2, 0) is 6.61 Å². The molecule has 4 aromatic rings. The monoisotopic (exact) mass is 369 g/mol. The molecule has 0 atom stereocenters. The summed E-state index contributed by atoms with van der Waals surface area (Å²) < 4.78 is 20.9. The largest absolute Gasteiger partial charge is 0.508 e. The van der Waals surface area contributed by atoms with E-state index in [0.717, 1.165) is 11.6 Å². The first-order valence-electron chi connectivity index (χ1n) is 7.80. The summed E-state index contributed by atoms with van der Waals surface area (Å²) >= 11 is 5.97. The first kappa shape index (κ1) is 16.4. The zero-order chi connectivity index (χ0) is 18.1. The molecule has 0 saturated carbocycles. The third-order valence-corrected chi connectivity index (χ3v) is 4.03. The molecular formula is C19H13ClFN3O2. The Labute approximate surface area is 153 Å². The summed E-state index contributed by atoms with van der Waals surface area (Å²) in [6.07, 6.45) is 1.57. The Balaban J connectivity index is 1.66. The van der Waals surface area contributed by atoms with Crippen LogP contribution in [0.1, 0.15) is 5.56 Å². The second-order valence-corrected chi connectivity index (χ2v) is 6.14. The number of phenols is 1. The molecule has 130 valence electrons. The lowest BCUT2D eigenvalue weighted by atomic mass is 10.1. The van der Waals surface area contributed by atoms with Gasteiger partial charge < -0.3 is 9.84 Å². The van der Waals surface area contributed by atoms with Crippen molar-refractivity contribution in [2.75, 3.05) is 0 Å². The van der Waals surface area contributed by atoms with Crippen molar-refractivity contribution in [2.45, 2.75) is 6.61 Å². The number of phenolic OH excluding ortho intramolecular Hbond substituents is 1. The maximum absolute atomic E-state index is 13.6. The number of rotatable bonds is 4. The van der Waals surface area contributed by atoms with Crippen LogP contribution in [0.4, 0.5) is 4.39 Å². The van der Waals surface area contributed by atoms with Gasteiger partial charge in [-0.2, -0.15) is 0 Å². The summed E-state index contributed by atoms with van der Waals surface area (Å²) in [5.41, 5.74) is 2.51. The normalized spacial score (nSPS) is 11.0. The molecule has 2 aromatic heterocycles. The minimum absolute atomic E-state index is 0.164. The van der Waals surface area contributed by atoms with Gasteiger partial charge in [0.1, 0.15) is 18.2 Å². The van der Waals surface area contributed by atoms with Gasteiger partial charge in [0, 0.05) is 22.7 Å². The molecule has 0 bridgehead atoms. The van der Waals surface area contributed by atoms with Crippen molar-refractivity contribution in [3.05, 3.63) is 77.2 Å². The summed E-state index contributed by atoms with van der Waals surface area (Å²) in [7, 11) is 0. The molecule has 26 heavy (non-hydrogen) atoms. The van der Waals surface area contributed by atoms with Crippen LogP contribution < -0.4 is 4.74 Å². The molecule has 0 fully saturated rings. The Morgan fingerprint density at radius 3 is 2.81 bits per heavy atom. The minimum atomic E-state index is -0.539. The van der Waals surface area contributed by atoms with E-state index >= 15 is 0 Å². The molecular weight excluding hydrogens is 357 g/mol. The summed E-state index contributed by atoms with van der Waals surface area (Å²) in [6, 6.07) is 14.6. The van der Waals surface area contributed by atoms with Gasteiger partial charge in [-0.3, -0.25) is 0 Å². The van der Waals surface area contributed by atoms with Crippen LogP contribution in [-0.4, -0.2) is 19.7 Å². The van der Waals surface area contributed by atoms with Gasteiger partial charge in [0.25, 0.3) is 0 Å². The number of imidazole rings is 1. The molecule has 0 radical (unpaired) electrons. The number of benzene rings is 2. The van der Waals surface area contributed by atoms with Crippen molar-refractivity contribution in [1.29, 1.82) is 0 Å². The molecule has 0 saturated heterocycles. The van der Waals surface area contributed by atoms with E-state index in [4.69, 9.17) is 16.3 Å². The molecule has 2 heterocycles. The molecule has 0 aliphatic rings. The van der Waals surface area contributed by atoms with Crippen molar-refractivity contribution >= 4 is 17.2 Å². The van der Waals surface area contributed by atoms with Crippen LogP contribution in [0.3, 0.4) is 0 Å². The van der Waals surface area contributed by atoms with Crippen LogP contribution in [0.2, 0.25) is 5.02 Å². The molecule has 0 amide bonds. The fourth-order valence-electron chi connectivity index (χ4n) is 2.64. The zero-order valence-corrected chi connectivity index (χ0v) is 14.2. The molecule has 0 aliphatic carbocycles. The van der Waals surface area contributed by atoms with Crippen LogP contribution in [0.5, 0.6) is 11.6 Å². The number of ether oxygens (including phenoxy) is 1. The maximum atomic E-state index is 13.6. The van der Waals surface area contributed by atoms with E-state index in [0.29, 0.717) is 34.4 Å². The highest BCUT2D eigenvalue weighted by atomic mass is 35.5. The smallest absolute Gasteiger partial charge is 0.232 e. The average Bonchev–Trinajstić information content (AvgIpc) is 3.02. The van der Waals surface area contributed by atoms with Gasteiger partial charge in [-0.1, -0.05) is 23.7 Å². The van der Waals surface area contributed by atoms with Gasteiger partial charge in [0.15, 0.2) is 5.65 Å². The molecule has 0 aliphatic heterocycles. The van der Waals surface area contributed by atoms with Crippen molar-refractivity contribution in [3.8, 4) is 22.9 Å². The molecule has 7 heteroatoms. The average molecular weight is 370 g/mol. The number of nitrogens with zero attached hydrogens (tertiary/aromatic N) is 3. The van der Waals surface area contributed by atoms with E-state index in [1.165, 1.54) is 12.1 Å². The topological polar surface area (TPSA) is 59.7 Å². The van der Waals surface area contributed by atoms with Crippen LogP contribution in [0.25, 0.3) is 16.9 Å². The first-order valence-corrected chi connectivity index (χ1v) is 8.18. The maximum Gasteiger partial charge on any atom is 0.232 e. The molecule has 1 N–H and O–H groups in total. The van der Waals surface area contributed by atoms with Crippen LogP contribution in [0, 0.1) is 5.82 Å². The van der Waals surface area contributed by atoms with E-state index < -0.39 is 5.82 Å². The predicted octanol–water partition coefficient (Wildman–Crippen LogP) is 4.47. The van der Waals surface area contributed by atoms with Gasteiger partial charge >= 0.3 is 0 Å². The molecule has 4 rings (SSSR count). The number of aromatic hydroxyl groups is 1. The van der Waals surface area contributed by atoms with Crippen molar-refractivity contribution in [3.63, 3.8) is 0 Å². The summed E-state index contributed by atoms with van der Waals surface area (Å²) in [6.45, 7) is 0.309. The van der Waals surface area contributed by atoms with Crippen molar-refractivity contribution < 1.29 is 14.2 Å². The summed E-state index contributed by atoms with van der Waals surface area (Å²) in [5.74, 6) is -0.316. The number of halogens is 2. The first-order chi connectivity index (χ1) is 12.6. The second kappa shape index (κ2) is 6.65. The minimum Gasteiger partial charge on any atom is -0.508 e. The van der Waals surface area contributed by atoms with Gasteiger partial charge in [-0.05, 0) is 35.9 Å². The Morgan fingerprint density at radius 1 is 1.12 bits per heavy atom. The van der Waals surface area contributed by atoms with Crippen LogP contribution in [0.15, 0.2) is 60.8 Å². The second-order valence-electron chi connectivity index (χ2n) is 5.70. The van der Waals surface area contributed by atoms with E-state index in [9.17, 15) is 9.50 Å². The van der Waals surface area contributed by atoms with E-state index in [1.807, 2.05) is 18.2 Å². The molecule has 5 nitrogen and oxygen atoms in total. The zero-order valence-electron chi connectivity index (χ0n) is 13.4. The number of hydrogen-bond acceptors (Lipinski definition) is 4. The standard InChI is InChI=1S/C19H13ClFN3O2/c20-14-3-1-2-12(6-14)11-26-19-5-4-18-22-10-17(24(18)23-19)13-7-15(21)9-16(25)8-13/h1-10,25H,11H2. The molecule has 2 aromatic carbocycles. The molecule has 0 spiro atoms. The van der Waals surface area contributed by atoms with Crippen molar-refractivity contribution in [1.82, 2.24) is 14.6 Å². The highest BCUT2D eigenvalue weighted by Gasteiger charge is 2.11. The summed E-state index contributed by atoms with van der Waals surface area (Å²) in [4.78, 5) is 4.25. The van der Waals surface area contributed by atoms with Crippen LogP contribution >= 0.6 is 11.6 Å². The Hall–Kier alpha value is -3.12. The third kappa shape index (κ3) is 3.32. The third-order valence-electron chi connectivity index (χ3n) is 3.79. The van der Waals surface area contributed by atoms with Gasteiger partial charge in [0.2, 0.25) is 5.88 Å². The lowest BCUT2D eigenvalue weighted by Gasteiger charge is -2.07. The van der Waals surface area contributed by atoms with E-state index in [1.54, 1.807) is 28.9 Å². The predicted molar refractivity (Wildman–Crippen MR) is 95.8 cm³/mol. The van der Waals surface area contributed by atoms with Gasteiger partial charge in [-0.15, -0.1) is 5.10 Å². The fraction of sp³-hybridized carbons (Fsp3) is 0.0526. The Bertz CT molecular complexity index is 1080. The van der Waals surface area contributed by atoms with Crippen molar-refractivity contribution in [2.24, 2.45) is 0 Å².